The zero-order valence-corrected chi connectivity index (χ0v) is 16.7. The zero-order chi connectivity index (χ0) is 19.6. The number of benzene rings is 1. The highest BCUT2D eigenvalue weighted by atomic mass is 16.6. The van der Waals surface area contributed by atoms with E-state index in [1.165, 1.54) is 44.1 Å². The Hall–Kier alpha value is -2.27. The molecule has 0 spiro atoms. The Morgan fingerprint density at radius 2 is 1.79 bits per heavy atom. The van der Waals surface area contributed by atoms with Gasteiger partial charge in [0, 0.05) is 24.6 Å². The van der Waals surface area contributed by atoms with Gasteiger partial charge in [-0.2, -0.15) is 0 Å². The van der Waals surface area contributed by atoms with Gasteiger partial charge < -0.3 is 9.47 Å². The van der Waals surface area contributed by atoms with Crippen molar-refractivity contribution in [3.8, 4) is 17.1 Å². The molecule has 0 amide bonds. The molecule has 5 heteroatoms. The molecule has 1 aliphatic rings. The summed E-state index contributed by atoms with van der Waals surface area (Å²) < 4.78 is 10.7. The molecule has 1 saturated heterocycles. The van der Waals surface area contributed by atoms with Crippen molar-refractivity contribution in [3.05, 3.63) is 42.2 Å². The molecular formula is C23H30N2O3. The molecule has 5 nitrogen and oxygen atoms in total. The normalized spacial score (nSPS) is 16.2. The third-order valence-electron chi connectivity index (χ3n) is 5.05. The van der Waals surface area contributed by atoms with Gasteiger partial charge in [-0.25, -0.2) is 14.8 Å². The topological polar surface area (TPSA) is 61.3 Å². The molecule has 1 aromatic heterocycles. The molecule has 1 atom stereocenters. The lowest BCUT2D eigenvalue weighted by molar-refractivity contribution is -0.144. The van der Waals surface area contributed by atoms with E-state index in [-0.39, 0.29) is 5.97 Å². The van der Waals surface area contributed by atoms with Crippen LogP contribution in [-0.2, 0) is 16.0 Å². The van der Waals surface area contributed by atoms with E-state index in [4.69, 9.17) is 9.47 Å². The maximum Gasteiger partial charge on any atom is 0.340 e. The monoisotopic (exact) mass is 382 g/mol. The molecule has 0 N–H and O–H groups in total. The maximum absolute atomic E-state index is 12.0. The molecule has 0 radical (unpaired) electrons. The number of carbonyl (C=O) groups excluding carboxylic acids is 1. The van der Waals surface area contributed by atoms with E-state index in [1.807, 2.05) is 24.5 Å². The predicted molar refractivity (Wildman–Crippen MR) is 109 cm³/mol. The van der Waals surface area contributed by atoms with E-state index in [0.29, 0.717) is 18.2 Å². The standard InChI is InChI=1S/C23H30N2O3/c1-2-3-4-5-6-7-9-18-16-24-22(25-17-18)19-11-13-20(14-12-19)28-23(26)21-10-8-15-27-21/h11-14,16-17,21H,2-10,15H2,1H3/t21-/m1/s1. The van der Waals surface area contributed by atoms with Crippen LogP contribution in [0.5, 0.6) is 5.75 Å². The highest BCUT2D eigenvalue weighted by Gasteiger charge is 2.25. The number of hydrogen-bond donors (Lipinski definition) is 0. The van der Waals surface area contributed by atoms with Crippen LogP contribution >= 0.6 is 0 Å². The van der Waals surface area contributed by atoms with Crippen molar-refractivity contribution in [1.29, 1.82) is 0 Å². The van der Waals surface area contributed by atoms with Gasteiger partial charge in [-0.3, -0.25) is 0 Å². The Balaban J connectivity index is 1.47. The second kappa shape index (κ2) is 10.9. The zero-order valence-electron chi connectivity index (χ0n) is 16.7. The van der Waals surface area contributed by atoms with Crippen LogP contribution in [0.15, 0.2) is 36.7 Å². The number of aromatic nitrogens is 2. The van der Waals surface area contributed by atoms with E-state index in [0.717, 1.165) is 24.8 Å². The van der Waals surface area contributed by atoms with Gasteiger partial charge in [-0.15, -0.1) is 0 Å². The van der Waals surface area contributed by atoms with Crippen LogP contribution in [0.25, 0.3) is 11.4 Å². The fourth-order valence-electron chi connectivity index (χ4n) is 3.36. The highest BCUT2D eigenvalue weighted by Crippen LogP contribution is 2.21. The Morgan fingerprint density at radius 1 is 1.07 bits per heavy atom. The lowest BCUT2D eigenvalue weighted by Crippen LogP contribution is -2.24. The summed E-state index contributed by atoms with van der Waals surface area (Å²) in [5.41, 5.74) is 2.09. The van der Waals surface area contributed by atoms with Gasteiger partial charge in [0.25, 0.3) is 0 Å². The van der Waals surface area contributed by atoms with E-state index in [1.54, 1.807) is 12.1 Å². The van der Waals surface area contributed by atoms with Crippen molar-refractivity contribution in [3.63, 3.8) is 0 Å². The van der Waals surface area contributed by atoms with Crippen LogP contribution in [0.4, 0.5) is 0 Å². The Morgan fingerprint density at radius 3 is 2.46 bits per heavy atom. The third-order valence-corrected chi connectivity index (χ3v) is 5.05. The van der Waals surface area contributed by atoms with E-state index >= 15 is 0 Å². The molecule has 1 aromatic carbocycles. The minimum Gasteiger partial charge on any atom is -0.425 e. The lowest BCUT2D eigenvalue weighted by Gasteiger charge is -2.09. The molecule has 0 saturated carbocycles. The minimum atomic E-state index is -0.429. The quantitative estimate of drug-likeness (QED) is 0.324. The van der Waals surface area contributed by atoms with Crippen LogP contribution in [0.2, 0.25) is 0 Å². The molecule has 1 fully saturated rings. The van der Waals surface area contributed by atoms with Crippen molar-refractivity contribution >= 4 is 5.97 Å². The molecule has 2 heterocycles. The van der Waals surface area contributed by atoms with Crippen molar-refractivity contribution in [2.45, 2.75) is 70.8 Å². The average Bonchev–Trinajstić information content (AvgIpc) is 3.27. The number of esters is 1. The minimum absolute atomic E-state index is 0.319. The number of carbonyl (C=O) groups is 1. The number of nitrogens with zero attached hydrogens (tertiary/aromatic N) is 2. The van der Waals surface area contributed by atoms with Gasteiger partial charge >= 0.3 is 5.97 Å². The number of rotatable bonds is 10. The molecular weight excluding hydrogens is 352 g/mol. The van der Waals surface area contributed by atoms with Crippen LogP contribution in [0.1, 0.15) is 63.9 Å². The summed E-state index contributed by atoms with van der Waals surface area (Å²) in [6, 6.07) is 7.30. The number of unbranched alkanes of at least 4 members (excludes halogenated alkanes) is 5. The van der Waals surface area contributed by atoms with Crippen molar-refractivity contribution in [2.24, 2.45) is 0 Å². The van der Waals surface area contributed by atoms with Gasteiger partial charge in [-0.05, 0) is 55.5 Å². The van der Waals surface area contributed by atoms with E-state index in [2.05, 4.69) is 16.9 Å². The van der Waals surface area contributed by atoms with Crippen molar-refractivity contribution < 1.29 is 14.3 Å². The average molecular weight is 383 g/mol. The predicted octanol–water partition coefficient (Wildman–Crippen LogP) is 5.13. The first-order chi connectivity index (χ1) is 13.8. The Bertz CT molecular complexity index is 723. The first-order valence-corrected chi connectivity index (χ1v) is 10.5. The highest BCUT2D eigenvalue weighted by molar-refractivity contribution is 5.77. The van der Waals surface area contributed by atoms with Crippen LogP contribution in [0.3, 0.4) is 0 Å². The first-order valence-electron chi connectivity index (χ1n) is 10.5. The number of hydrogen-bond acceptors (Lipinski definition) is 5. The molecule has 0 bridgehead atoms. The molecule has 0 aliphatic carbocycles. The molecule has 28 heavy (non-hydrogen) atoms. The molecule has 3 rings (SSSR count). The van der Waals surface area contributed by atoms with E-state index < -0.39 is 6.10 Å². The van der Waals surface area contributed by atoms with Gasteiger partial charge in [0.2, 0.25) is 0 Å². The van der Waals surface area contributed by atoms with Crippen LogP contribution in [-0.4, -0.2) is 28.6 Å². The fraction of sp³-hybridized carbons (Fsp3) is 0.522. The number of aryl methyl sites for hydroxylation is 1. The molecule has 150 valence electrons. The Labute approximate surface area is 167 Å². The van der Waals surface area contributed by atoms with Crippen molar-refractivity contribution in [1.82, 2.24) is 9.97 Å². The fourth-order valence-corrected chi connectivity index (χ4v) is 3.36. The summed E-state index contributed by atoms with van der Waals surface area (Å²) in [5.74, 6) is 0.883. The molecule has 1 aliphatic heterocycles. The van der Waals surface area contributed by atoms with E-state index in [9.17, 15) is 4.79 Å². The summed E-state index contributed by atoms with van der Waals surface area (Å²) in [6.07, 6.45) is 13.8. The van der Waals surface area contributed by atoms with Crippen molar-refractivity contribution in [2.75, 3.05) is 6.61 Å². The van der Waals surface area contributed by atoms with Crippen LogP contribution < -0.4 is 4.74 Å². The Kier molecular flexibility index (Phi) is 7.97. The summed E-state index contributed by atoms with van der Waals surface area (Å²) in [4.78, 5) is 21.0. The van der Waals surface area contributed by atoms with Crippen LogP contribution in [0, 0.1) is 0 Å². The smallest absolute Gasteiger partial charge is 0.340 e. The second-order valence-corrected chi connectivity index (χ2v) is 7.38. The van der Waals surface area contributed by atoms with Gasteiger partial charge in [-0.1, -0.05) is 39.0 Å². The van der Waals surface area contributed by atoms with Gasteiger partial charge in [0.1, 0.15) is 5.75 Å². The maximum atomic E-state index is 12.0. The summed E-state index contributed by atoms with van der Waals surface area (Å²) in [6.45, 7) is 2.87. The van der Waals surface area contributed by atoms with Gasteiger partial charge in [0.05, 0.1) is 0 Å². The third kappa shape index (κ3) is 6.13. The SMILES string of the molecule is CCCCCCCCc1cnc(-c2ccc(OC(=O)[C@H]3CCCO3)cc2)nc1. The summed E-state index contributed by atoms with van der Waals surface area (Å²) >= 11 is 0. The lowest BCUT2D eigenvalue weighted by atomic mass is 10.1. The first kappa shape index (κ1) is 20.5. The number of ether oxygens (including phenoxy) is 2. The summed E-state index contributed by atoms with van der Waals surface area (Å²) in [7, 11) is 0. The molecule has 0 unspecified atom stereocenters. The molecule has 2 aromatic rings. The van der Waals surface area contributed by atoms with Gasteiger partial charge in [0.15, 0.2) is 11.9 Å². The summed E-state index contributed by atoms with van der Waals surface area (Å²) in [5, 5.41) is 0. The largest absolute Gasteiger partial charge is 0.425 e. The second-order valence-electron chi connectivity index (χ2n) is 7.38.